The van der Waals surface area contributed by atoms with Gasteiger partial charge in [0.1, 0.15) is 5.54 Å². The molecule has 0 saturated heterocycles. The van der Waals surface area contributed by atoms with E-state index in [1.165, 1.54) is 19.8 Å². The first-order valence-electron chi connectivity index (χ1n) is 5.12. The zero-order valence-electron chi connectivity index (χ0n) is 8.66. The summed E-state index contributed by atoms with van der Waals surface area (Å²) >= 11 is 0. The van der Waals surface area contributed by atoms with Crippen LogP contribution in [-0.4, -0.2) is 29.8 Å². The Balaban J connectivity index is 1.98. The molecular formula is C10H19NO3. The second-order valence-corrected chi connectivity index (χ2v) is 4.32. The maximum atomic E-state index is 10.6. The van der Waals surface area contributed by atoms with Crippen molar-refractivity contribution in [2.24, 2.45) is 11.7 Å². The number of carboxylic acids is 1. The van der Waals surface area contributed by atoms with Gasteiger partial charge in [0.05, 0.1) is 0 Å². The van der Waals surface area contributed by atoms with Gasteiger partial charge in [0, 0.05) is 13.2 Å². The average Bonchev–Trinajstić information content (AvgIpc) is 2.87. The molecule has 3 N–H and O–H groups in total. The lowest BCUT2D eigenvalue weighted by atomic mass is 10.0. The summed E-state index contributed by atoms with van der Waals surface area (Å²) in [6, 6.07) is 0. The van der Waals surface area contributed by atoms with Crippen LogP contribution in [0.25, 0.3) is 0 Å². The molecule has 0 aromatic heterocycles. The van der Waals surface area contributed by atoms with Crippen molar-refractivity contribution in [1.29, 1.82) is 0 Å². The van der Waals surface area contributed by atoms with Crippen molar-refractivity contribution >= 4 is 5.97 Å². The molecule has 0 aromatic carbocycles. The zero-order chi connectivity index (χ0) is 10.6. The van der Waals surface area contributed by atoms with Gasteiger partial charge in [0.2, 0.25) is 0 Å². The van der Waals surface area contributed by atoms with Gasteiger partial charge in [-0.1, -0.05) is 12.8 Å². The van der Waals surface area contributed by atoms with E-state index in [4.69, 9.17) is 15.6 Å². The Morgan fingerprint density at radius 2 is 2.21 bits per heavy atom. The molecule has 82 valence electrons. The highest BCUT2D eigenvalue weighted by Crippen LogP contribution is 2.32. The molecule has 0 aliphatic heterocycles. The van der Waals surface area contributed by atoms with Crippen molar-refractivity contribution in [2.75, 3.05) is 13.2 Å². The molecule has 4 nitrogen and oxygen atoms in total. The first kappa shape index (κ1) is 11.5. The fraction of sp³-hybridized carbons (Fsp3) is 0.900. The van der Waals surface area contributed by atoms with Gasteiger partial charge >= 0.3 is 5.97 Å². The monoisotopic (exact) mass is 201 g/mol. The highest BCUT2D eigenvalue weighted by molar-refractivity contribution is 5.77. The summed E-state index contributed by atoms with van der Waals surface area (Å²) in [6.45, 7) is 2.69. The molecule has 1 unspecified atom stereocenters. The van der Waals surface area contributed by atoms with Gasteiger partial charge in [0.15, 0.2) is 0 Å². The predicted molar refractivity (Wildman–Crippen MR) is 53.0 cm³/mol. The number of nitrogens with two attached hydrogens (primary N) is 1. The van der Waals surface area contributed by atoms with Gasteiger partial charge < -0.3 is 15.6 Å². The standard InChI is InChI=1S/C10H19NO3/c1-10(11,9(12)13)5-7-14-6-4-8-2-3-8/h8H,2-7,11H2,1H3,(H,12,13). The molecule has 4 heteroatoms. The normalized spacial score (nSPS) is 20.4. The fourth-order valence-corrected chi connectivity index (χ4v) is 1.15. The molecule has 0 spiro atoms. The van der Waals surface area contributed by atoms with Crippen LogP contribution in [0.3, 0.4) is 0 Å². The van der Waals surface area contributed by atoms with E-state index in [0.717, 1.165) is 18.9 Å². The molecule has 1 atom stereocenters. The third-order valence-electron chi connectivity index (χ3n) is 2.62. The third kappa shape index (κ3) is 4.07. The summed E-state index contributed by atoms with van der Waals surface area (Å²) in [5, 5.41) is 8.72. The van der Waals surface area contributed by atoms with Crippen molar-refractivity contribution in [1.82, 2.24) is 0 Å². The molecule has 0 heterocycles. The van der Waals surface area contributed by atoms with E-state index in [-0.39, 0.29) is 0 Å². The molecule has 0 amide bonds. The van der Waals surface area contributed by atoms with E-state index in [1.807, 2.05) is 0 Å². The lowest BCUT2D eigenvalue weighted by Gasteiger charge is -2.18. The van der Waals surface area contributed by atoms with E-state index in [1.54, 1.807) is 0 Å². The molecular weight excluding hydrogens is 182 g/mol. The summed E-state index contributed by atoms with van der Waals surface area (Å²) in [4.78, 5) is 10.6. The van der Waals surface area contributed by atoms with Crippen molar-refractivity contribution in [3.05, 3.63) is 0 Å². The van der Waals surface area contributed by atoms with Crippen LogP contribution in [0.15, 0.2) is 0 Å². The number of rotatable bonds is 7. The Bertz CT molecular complexity index is 200. The summed E-state index contributed by atoms with van der Waals surface area (Å²) in [5.74, 6) is -0.109. The Labute approximate surface area is 84.4 Å². The van der Waals surface area contributed by atoms with Gasteiger partial charge in [0.25, 0.3) is 0 Å². The van der Waals surface area contributed by atoms with Crippen molar-refractivity contribution < 1.29 is 14.6 Å². The average molecular weight is 201 g/mol. The Hall–Kier alpha value is -0.610. The molecule has 0 radical (unpaired) electrons. The number of aliphatic carboxylic acids is 1. The van der Waals surface area contributed by atoms with Gasteiger partial charge in [-0.2, -0.15) is 0 Å². The molecule has 1 rings (SSSR count). The first-order chi connectivity index (χ1) is 6.52. The number of ether oxygens (including phenoxy) is 1. The van der Waals surface area contributed by atoms with E-state index < -0.39 is 11.5 Å². The van der Waals surface area contributed by atoms with Gasteiger partial charge in [-0.15, -0.1) is 0 Å². The quantitative estimate of drug-likeness (QED) is 0.603. The summed E-state index contributed by atoms with van der Waals surface area (Å²) in [7, 11) is 0. The van der Waals surface area contributed by atoms with Crippen LogP contribution < -0.4 is 5.73 Å². The van der Waals surface area contributed by atoms with Crippen LogP contribution in [0, 0.1) is 5.92 Å². The number of hydrogen-bond acceptors (Lipinski definition) is 3. The molecule has 0 bridgehead atoms. The van der Waals surface area contributed by atoms with Crippen LogP contribution in [0.2, 0.25) is 0 Å². The minimum absolute atomic E-state index is 0.368. The van der Waals surface area contributed by atoms with Crippen molar-refractivity contribution in [2.45, 2.75) is 38.1 Å². The molecule has 1 saturated carbocycles. The summed E-state index contributed by atoms with van der Waals surface area (Å²) in [5.41, 5.74) is 4.38. The van der Waals surface area contributed by atoms with Crippen LogP contribution >= 0.6 is 0 Å². The van der Waals surface area contributed by atoms with Crippen LogP contribution in [-0.2, 0) is 9.53 Å². The van der Waals surface area contributed by atoms with Crippen molar-refractivity contribution in [3.8, 4) is 0 Å². The minimum Gasteiger partial charge on any atom is -0.480 e. The second-order valence-electron chi connectivity index (χ2n) is 4.32. The maximum Gasteiger partial charge on any atom is 0.323 e. The topological polar surface area (TPSA) is 72.5 Å². The van der Waals surface area contributed by atoms with Crippen LogP contribution in [0.5, 0.6) is 0 Å². The molecule has 1 aliphatic rings. The second kappa shape index (κ2) is 4.75. The van der Waals surface area contributed by atoms with E-state index in [2.05, 4.69) is 0 Å². The highest BCUT2D eigenvalue weighted by atomic mass is 16.5. The van der Waals surface area contributed by atoms with Crippen LogP contribution in [0.1, 0.15) is 32.6 Å². The lowest BCUT2D eigenvalue weighted by molar-refractivity contribution is -0.143. The third-order valence-corrected chi connectivity index (χ3v) is 2.62. The van der Waals surface area contributed by atoms with Gasteiger partial charge in [-0.3, -0.25) is 4.79 Å². The van der Waals surface area contributed by atoms with Gasteiger partial charge in [-0.25, -0.2) is 0 Å². The highest BCUT2D eigenvalue weighted by Gasteiger charge is 2.27. The van der Waals surface area contributed by atoms with E-state index in [9.17, 15) is 4.79 Å². The number of carboxylic acid groups (broad SMARTS) is 1. The van der Waals surface area contributed by atoms with E-state index >= 15 is 0 Å². The number of carbonyl (C=O) groups is 1. The maximum absolute atomic E-state index is 10.6. The first-order valence-corrected chi connectivity index (χ1v) is 5.12. The number of hydrogen-bond donors (Lipinski definition) is 2. The Kier molecular flexibility index (Phi) is 3.89. The zero-order valence-corrected chi connectivity index (χ0v) is 8.66. The van der Waals surface area contributed by atoms with Crippen molar-refractivity contribution in [3.63, 3.8) is 0 Å². The molecule has 0 aromatic rings. The largest absolute Gasteiger partial charge is 0.480 e. The smallest absolute Gasteiger partial charge is 0.323 e. The predicted octanol–water partition coefficient (Wildman–Crippen LogP) is 0.995. The summed E-state index contributed by atoms with van der Waals surface area (Å²) in [6.07, 6.45) is 4.13. The lowest BCUT2D eigenvalue weighted by Crippen LogP contribution is -2.45. The van der Waals surface area contributed by atoms with Gasteiger partial charge in [-0.05, 0) is 25.7 Å². The fourth-order valence-electron chi connectivity index (χ4n) is 1.15. The van der Waals surface area contributed by atoms with E-state index in [0.29, 0.717) is 13.0 Å². The molecule has 1 fully saturated rings. The van der Waals surface area contributed by atoms with Crippen LogP contribution in [0.4, 0.5) is 0 Å². The molecule has 1 aliphatic carbocycles. The molecule has 14 heavy (non-hydrogen) atoms. The minimum atomic E-state index is -1.15. The SMILES string of the molecule is CC(N)(CCOCCC1CC1)C(=O)O. The Morgan fingerprint density at radius 3 is 2.71 bits per heavy atom. The Morgan fingerprint density at radius 1 is 1.57 bits per heavy atom. The summed E-state index contributed by atoms with van der Waals surface area (Å²) < 4.78 is 5.33.